The third-order valence-corrected chi connectivity index (χ3v) is 2.36. The largest absolute Gasteiger partial charge is 2.00 e. The van der Waals surface area contributed by atoms with E-state index in [1.807, 2.05) is 62.3 Å². The second kappa shape index (κ2) is 19.2. The predicted molar refractivity (Wildman–Crippen MR) is 97.3 cm³/mol. The summed E-state index contributed by atoms with van der Waals surface area (Å²) in [5, 5.41) is 0. The first-order chi connectivity index (χ1) is 11.4. The van der Waals surface area contributed by atoms with E-state index in [4.69, 9.17) is 22.1 Å². The minimum Gasteiger partial charge on any atom is -0.378 e. The molecule has 25 heavy (non-hydrogen) atoms. The van der Waals surface area contributed by atoms with E-state index in [0.717, 1.165) is 0 Å². The molecule has 2 rings (SSSR count). The van der Waals surface area contributed by atoms with E-state index in [2.05, 4.69) is 9.97 Å². The second-order valence-electron chi connectivity index (χ2n) is 4.38. The number of nitrogens with zero attached hydrogens (tertiary/aromatic N) is 10. The average molecular weight is 394 g/mol. The molecule has 2 aromatic heterocycles. The molecule has 2 heterocycles. The van der Waals surface area contributed by atoms with Crippen LogP contribution in [0.2, 0.25) is 0 Å². The number of rotatable bonds is 2. The molecule has 0 aromatic carbocycles. The van der Waals surface area contributed by atoms with Crippen molar-refractivity contribution in [2.75, 3.05) is 38.0 Å². The maximum atomic E-state index is 6.75. The van der Waals surface area contributed by atoms with Crippen molar-refractivity contribution in [1.29, 1.82) is 0 Å². The molecule has 0 saturated carbocycles. The van der Waals surface area contributed by atoms with Gasteiger partial charge in [0.2, 0.25) is 0 Å². The maximum Gasteiger partial charge on any atom is 2.00 e. The zero-order chi connectivity index (χ0) is 18.8. The summed E-state index contributed by atoms with van der Waals surface area (Å²) in [5.41, 5.74) is 29.4. The Bertz CT molecular complexity index is 536. The van der Waals surface area contributed by atoms with Crippen LogP contribution in [0.5, 0.6) is 0 Å². The Morgan fingerprint density at radius 1 is 0.640 bits per heavy atom. The van der Waals surface area contributed by atoms with Crippen molar-refractivity contribution in [2.45, 2.75) is 0 Å². The quantitative estimate of drug-likeness (QED) is 0.327. The SMILES string of the molecule is CN(C)c1ccncc1.CN(C)c1ccncc1.[N-]=[N+]=[N-].[N-]=[N+]=[N-].[Zn+2]. The number of pyridine rings is 2. The molecular formula is C14H20N10Zn. The van der Waals surface area contributed by atoms with Crippen LogP contribution in [0.25, 0.3) is 31.9 Å². The van der Waals surface area contributed by atoms with Crippen LogP contribution >= 0.6 is 0 Å². The van der Waals surface area contributed by atoms with Gasteiger partial charge in [0.1, 0.15) is 0 Å². The first-order valence-corrected chi connectivity index (χ1v) is 6.56. The Morgan fingerprint density at radius 3 is 0.960 bits per heavy atom. The van der Waals surface area contributed by atoms with Crippen LogP contribution in [0.4, 0.5) is 11.4 Å². The van der Waals surface area contributed by atoms with E-state index in [1.165, 1.54) is 21.2 Å². The third-order valence-electron chi connectivity index (χ3n) is 2.36. The molecule has 0 bridgehead atoms. The molecule has 0 aliphatic carbocycles. The van der Waals surface area contributed by atoms with Crippen LogP contribution in [0.3, 0.4) is 0 Å². The Morgan fingerprint density at radius 2 is 0.840 bits per heavy atom. The van der Waals surface area contributed by atoms with E-state index in [1.54, 1.807) is 24.8 Å². The van der Waals surface area contributed by atoms with Crippen LogP contribution in [0, 0.1) is 0 Å². The molecule has 128 valence electrons. The van der Waals surface area contributed by atoms with Crippen LogP contribution < -0.4 is 9.80 Å². The number of hydrogen-bond donors (Lipinski definition) is 0. The molecule has 0 radical (unpaired) electrons. The molecule has 0 aliphatic rings. The van der Waals surface area contributed by atoms with Gasteiger partial charge in [-0.05, 0) is 24.3 Å². The van der Waals surface area contributed by atoms with Crippen molar-refractivity contribution in [3.8, 4) is 0 Å². The van der Waals surface area contributed by atoms with Gasteiger partial charge < -0.3 is 31.9 Å². The van der Waals surface area contributed by atoms with E-state index < -0.39 is 0 Å². The Labute approximate surface area is 160 Å². The number of anilines is 2. The first kappa shape index (κ1) is 27.0. The van der Waals surface area contributed by atoms with Crippen molar-refractivity contribution >= 4 is 11.4 Å². The average Bonchev–Trinajstić information content (AvgIpc) is 2.58. The second-order valence-corrected chi connectivity index (χ2v) is 4.38. The Hall–Kier alpha value is -2.86. The maximum absolute atomic E-state index is 6.75. The van der Waals surface area contributed by atoms with Crippen molar-refractivity contribution in [3.63, 3.8) is 0 Å². The smallest absolute Gasteiger partial charge is 0.378 e. The molecular weight excluding hydrogens is 374 g/mol. The Kier molecular flexibility index (Phi) is 20.7. The summed E-state index contributed by atoms with van der Waals surface area (Å²) in [4.78, 5) is 14.9. The molecule has 0 unspecified atom stereocenters. The van der Waals surface area contributed by atoms with Crippen molar-refractivity contribution in [2.24, 2.45) is 0 Å². The molecule has 0 N–H and O–H groups in total. The number of hydrogen-bond acceptors (Lipinski definition) is 4. The van der Waals surface area contributed by atoms with Gasteiger partial charge in [0.25, 0.3) is 0 Å². The fourth-order valence-corrected chi connectivity index (χ4v) is 1.28. The summed E-state index contributed by atoms with van der Waals surface area (Å²) < 4.78 is 0. The fourth-order valence-electron chi connectivity index (χ4n) is 1.28. The zero-order valence-corrected chi connectivity index (χ0v) is 17.8. The van der Waals surface area contributed by atoms with Gasteiger partial charge in [-0.15, -0.1) is 0 Å². The normalized spacial score (nSPS) is 7.20. The third kappa shape index (κ3) is 17.3. The van der Waals surface area contributed by atoms with Crippen molar-refractivity contribution < 1.29 is 19.5 Å². The summed E-state index contributed by atoms with van der Waals surface area (Å²) in [6.07, 6.45) is 7.15. The topological polar surface area (TPSA) is 150 Å². The fraction of sp³-hybridized carbons (Fsp3) is 0.286. The zero-order valence-electron chi connectivity index (χ0n) is 14.8. The number of aromatic nitrogens is 2. The van der Waals surface area contributed by atoms with Crippen LogP contribution in [-0.4, -0.2) is 38.2 Å². The minimum atomic E-state index is 0. The summed E-state index contributed by atoms with van der Waals surface area (Å²) in [6, 6.07) is 7.89. The van der Waals surface area contributed by atoms with E-state index in [-0.39, 0.29) is 19.5 Å². The van der Waals surface area contributed by atoms with Gasteiger partial charge in [0.15, 0.2) is 0 Å². The minimum absolute atomic E-state index is 0. The molecule has 2 aromatic rings. The summed E-state index contributed by atoms with van der Waals surface area (Å²) in [5.74, 6) is 0. The molecule has 11 heteroatoms. The van der Waals surface area contributed by atoms with Gasteiger partial charge in [0.05, 0.1) is 0 Å². The van der Waals surface area contributed by atoms with Crippen molar-refractivity contribution in [3.05, 3.63) is 81.0 Å². The van der Waals surface area contributed by atoms with E-state index in [9.17, 15) is 0 Å². The van der Waals surface area contributed by atoms with Crippen LogP contribution in [0.1, 0.15) is 0 Å². The van der Waals surface area contributed by atoms with Crippen LogP contribution in [0.15, 0.2) is 49.1 Å². The van der Waals surface area contributed by atoms with Crippen LogP contribution in [-0.2, 0) is 19.5 Å². The molecule has 0 amide bonds. The van der Waals surface area contributed by atoms with Gasteiger partial charge in [-0.3, -0.25) is 19.8 Å². The summed E-state index contributed by atoms with van der Waals surface area (Å²) in [6.45, 7) is 0. The summed E-state index contributed by atoms with van der Waals surface area (Å²) >= 11 is 0. The van der Waals surface area contributed by atoms with Gasteiger partial charge in [0, 0.05) is 64.4 Å². The standard InChI is InChI=1S/2C7H10N2.2N3.Zn/c2*1-9(2)7-3-5-8-6-4-7;2*1-3-2;/h2*3-6H,1-2H3;;;/q;;2*-1;+2. The van der Waals surface area contributed by atoms with Crippen molar-refractivity contribution in [1.82, 2.24) is 9.97 Å². The molecule has 10 nitrogen and oxygen atoms in total. The van der Waals surface area contributed by atoms with Gasteiger partial charge >= 0.3 is 19.5 Å². The summed E-state index contributed by atoms with van der Waals surface area (Å²) in [7, 11) is 8.04. The van der Waals surface area contributed by atoms with E-state index in [0.29, 0.717) is 0 Å². The molecule has 0 atom stereocenters. The predicted octanol–water partition coefficient (Wildman–Crippen LogP) is 4.02. The van der Waals surface area contributed by atoms with Gasteiger partial charge in [-0.25, -0.2) is 0 Å². The first-order valence-electron chi connectivity index (χ1n) is 6.56. The van der Waals surface area contributed by atoms with Gasteiger partial charge in [-0.2, -0.15) is 0 Å². The molecule has 0 saturated heterocycles. The monoisotopic (exact) mass is 392 g/mol. The Balaban J connectivity index is -0.000000287. The molecule has 0 fully saturated rings. The molecule has 0 aliphatic heterocycles. The van der Waals surface area contributed by atoms with Gasteiger partial charge in [-0.1, -0.05) is 0 Å². The molecule has 0 spiro atoms. The van der Waals surface area contributed by atoms with E-state index >= 15 is 0 Å².